The SMILES string of the molecule is CC(C)(C)OC(=O)N[C@H]1C(C2CCCC2)OC[C@H]1N. The summed E-state index contributed by atoms with van der Waals surface area (Å²) in [4.78, 5) is 11.9. The van der Waals surface area contributed by atoms with E-state index < -0.39 is 11.7 Å². The van der Waals surface area contributed by atoms with Gasteiger partial charge in [0.1, 0.15) is 5.60 Å². The summed E-state index contributed by atoms with van der Waals surface area (Å²) in [6, 6.07) is -0.268. The second kappa shape index (κ2) is 5.67. The molecule has 3 N–H and O–H groups in total. The van der Waals surface area contributed by atoms with Gasteiger partial charge < -0.3 is 20.5 Å². The minimum absolute atomic E-state index is 0.0463. The molecule has 0 bridgehead atoms. The first-order chi connectivity index (χ1) is 8.87. The maximum absolute atomic E-state index is 11.9. The van der Waals surface area contributed by atoms with Gasteiger partial charge in [0.25, 0.3) is 0 Å². The van der Waals surface area contributed by atoms with Gasteiger partial charge in [-0.25, -0.2) is 4.79 Å². The molecule has 1 heterocycles. The van der Waals surface area contributed by atoms with E-state index in [1.807, 2.05) is 20.8 Å². The molecule has 0 aromatic heterocycles. The van der Waals surface area contributed by atoms with E-state index in [2.05, 4.69) is 5.32 Å². The number of carbonyl (C=O) groups is 1. The first-order valence-corrected chi connectivity index (χ1v) is 7.23. The Labute approximate surface area is 115 Å². The van der Waals surface area contributed by atoms with Gasteiger partial charge in [0, 0.05) is 0 Å². The number of nitrogens with two attached hydrogens (primary N) is 1. The van der Waals surface area contributed by atoms with Crippen LogP contribution in [0, 0.1) is 5.92 Å². The van der Waals surface area contributed by atoms with Gasteiger partial charge in [-0.1, -0.05) is 12.8 Å². The van der Waals surface area contributed by atoms with Crippen LogP contribution in [0.15, 0.2) is 0 Å². The number of hydrogen-bond donors (Lipinski definition) is 2. The lowest BCUT2D eigenvalue weighted by Crippen LogP contribution is -2.52. The highest BCUT2D eigenvalue weighted by atomic mass is 16.6. The van der Waals surface area contributed by atoms with E-state index in [0.717, 1.165) is 0 Å². The molecule has 2 rings (SSSR count). The maximum Gasteiger partial charge on any atom is 0.408 e. The van der Waals surface area contributed by atoms with E-state index in [1.165, 1.54) is 25.7 Å². The summed E-state index contributed by atoms with van der Waals surface area (Å²) in [6.45, 7) is 6.08. The van der Waals surface area contributed by atoms with Gasteiger partial charge in [-0.05, 0) is 39.5 Å². The van der Waals surface area contributed by atoms with Crippen molar-refractivity contribution in [1.82, 2.24) is 5.32 Å². The molecule has 5 nitrogen and oxygen atoms in total. The molecule has 3 atom stereocenters. The average Bonchev–Trinajstić information content (AvgIpc) is 2.87. The van der Waals surface area contributed by atoms with E-state index in [-0.39, 0.29) is 18.2 Å². The molecule has 19 heavy (non-hydrogen) atoms. The predicted molar refractivity (Wildman–Crippen MR) is 72.8 cm³/mol. The van der Waals surface area contributed by atoms with Crippen molar-refractivity contribution in [2.24, 2.45) is 11.7 Å². The number of hydrogen-bond acceptors (Lipinski definition) is 4. The Bertz CT molecular complexity index is 321. The van der Waals surface area contributed by atoms with Crippen LogP contribution in [0.3, 0.4) is 0 Å². The third kappa shape index (κ3) is 3.83. The Kier molecular flexibility index (Phi) is 4.36. The van der Waals surface area contributed by atoms with Gasteiger partial charge >= 0.3 is 6.09 Å². The summed E-state index contributed by atoms with van der Waals surface area (Å²) < 4.78 is 11.1. The Morgan fingerprint density at radius 2 is 1.95 bits per heavy atom. The van der Waals surface area contributed by atoms with E-state index in [1.54, 1.807) is 0 Å². The van der Waals surface area contributed by atoms with Gasteiger partial charge in [0.2, 0.25) is 0 Å². The van der Waals surface area contributed by atoms with Crippen LogP contribution in [0.4, 0.5) is 4.79 Å². The fraction of sp³-hybridized carbons (Fsp3) is 0.929. The van der Waals surface area contributed by atoms with Crippen molar-refractivity contribution in [3.8, 4) is 0 Å². The molecule has 0 radical (unpaired) electrons. The molecule has 2 aliphatic rings. The fourth-order valence-corrected chi connectivity index (χ4v) is 3.02. The van der Waals surface area contributed by atoms with Crippen LogP contribution in [0.2, 0.25) is 0 Å². The van der Waals surface area contributed by atoms with E-state index in [9.17, 15) is 4.79 Å². The van der Waals surface area contributed by atoms with Crippen LogP contribution in [0.25, 0.3) is 0 Å². The van der Waals surface area contributed by atoms with Crippen molar-refractivity contribution >= 4 is 6.09 Å². The van der Waals surface area contributed by atoms with E-state index in [0.29, 0.717) is 12.5 Å². The number of rotatable bonds is 2. The lowest BCUT2D eigenvalue weighted by atomic mass is 9.93. The number of alkyl carbamates (subject to hydrolysis) is 1. The molecular weight excluding hydrogens is 244 g/mol. The molecule has 1 saturated heterocycles. The third-order valence-corrected chi connectivity index (χ3v) is 3.84. The van der Waals surface area contributed by atoms with Crippen molar-refractivity contribution < 1.29 is 14.3 Å². The molecule has 110 valence electrons. The Hall–Kier alpha value is -0.810. The van der Waals surface area contributed by atoms with Gasteiger partial charge in [-0.2, -0.15) is 0 Å². The monoisotopic (exact) mass is 270 g/mol. The normalized spacial score (nSPS) is 32.5. The van der Waals surface area contributed by atoms with E-state index >= 15 is 0 Å². The Balaban J connectivity index is 1.93. The summed E-state index contributed by atoms with van der Waals surface area (Å²) >= 11 is 0. The van der Waals surface area contributed by atoms with Crippen molar-refractivity contribution in [3.63, 3.8) is 0 Å². The smallest absolute Gasteiger partial charge is 0.408 e. The van der Waals surface area contributed by atoms with E-state index in [4.69, 9.17) is 15.2 Å². The van der Waals surface area contributed by atoms with Crippen molar-refractivity contribution in [2.75, 3.05) is 6.61 Å². The van der Waals surface area contributed by atoms with Gasteiger partial charge in [0.15, 0.2) is 0 Å². The zero-order valence-corrected chi connectivity index (χ0v) is 12.1. The minimum Gasteiger partial charge on any atom is -0.444 e. The van der Waals surface area contributed by atoms with Gasteiger partial charge in [0.05, 0.1) is 24.8 Å². The zero-order valence-electron chi connectivity index (χ0n) is 12.1. The quantitative estimate of drug-likeness (QED) is 0.802. The maximum atomic E-state index is 11.9. The molecule has 0 aromatic rings. The highest BCUT2D eigenvalue weighted by Gasteiger charge is 2.42. The van der Waals surface area contributed by atoms with Crippen LogP contribution < -0.4 is 11.1 Å². The summed E-state index contributed by atoms with van der Waals surface area (Å²) in [7, 11) is 0. The first-order valence-electron chi connectivity index (χ1n) is 7.23. The number of ether oxygens (including phenoxy) is 2. The molecule has 0 aromatic carbocycles. The molecule has 2 fully saturated rings. The van der Waals surface area contributed by atoms with Crippen molar-refractivity contribution in [3.05, 3.63) is 0 Å². The zero-order chi connectivity index (χ0) is 14.0. The molecule has 0 spiro atoms. The van der Waals surface area contributed by atoms with Crippen LogP contribution in [0.5, 0.6) is 0 Å². The summed E-state index contributed by atoms with van der Waals surface area (Å²) in [6.07, 6.45) is 4.48. The number of nitrogens with one attached hydrogen (secondary N) is 1. The van der Waals surface area contributed by atoms with Gasteiger partial charge in [-0.3, -0.25) is 0 Å². The second-order valence-corrected chi connectivity index (χ2v) is 6.68. The van der Waals surface area contributed by atoms with Crippen LogP contribution in [0.1, 0.15) is 46.5 Å². The Morgan fingerprint density at radius 1 is 1.32 bits per heavy atom. The second-order valence-electron chi connectivity index (χ2n) is 6.68. The van der Waals surface area contributed by atoms with Crippen molar-refractivity contribution in [1.29, 1.82) is 0 Å². The minimum atomic E-state index is -0.490. The fourth-order valence-electron chi connectivity index (χ4n) is 3.02. The van der Waals surface area contributed by atoms with Crippen LogP contribution >= 0.6 is 0 Å². The summed E-state index contributed by atoms with van der Waals surface area (Å²) in [5.74, 6) is 0.522. The molecule has 1 unspecified atom stereocenters. The average molecular weight is 270 g/mol. The summed E-state index contributed by atoms with van der Waals surface area (Å²) in [5, 5.41) is 2.90. The molecule has 1 aliphatic carbocycles. The molecule has 1 amide bonds. The Morgan fingerprint density at radius 3 is 2.53 bits per heavy atom. The molecule has 1 saturated carbocycles. The molecule has 5 heteroatoms. The number of carbonyl (C=O) groups excluding carboxylic acids is 1. The lowest BCUT2D eigenvalue weighted by molar-refractivity contribution is 0.0333. The highest BCUT2D eigenvalue weighted by Crippen LogP contribution is 2.33. The standard InChI is InChI=1S/C14H26N2O3/c1-14(2,3)19-13(17)16-11-10(15)8-18-12(11)9-6-4-5-7-9/h9-12H,4-8,15H2,1-3H3,(H,16,17)/t10-,11-,12?/m1/s1. The molecule has 1 aliphatic heterocycles. The lowest BCUT2D eigenvalue weighted by Gasteiger charge is -2.28. The van der Waals surface area contributed by atoms with Crippen molar-refractivity contribution in [2.45, 2.75) is 70.2 Å². The van der Waals surface area contributed by atoms with Crippen LogP contribution in [-0.2, 0) is 9.47 Å². The topological polar surface area (TPSA) is 73.6 Å². The summed E-state index contributed by atoms with van der Waals surface area (Å²) in [5.41, 5.74) is 5.56. The largest absolute Gasteiger partial charge is 0.444 e. The van der Waals surface area contributed by atoms with Gasteiger partial charge in [-0.15, -0.1) is 0 Å². The van der Waals surface area contributed by atoms with Crippen LogP contribution in [-0.4, -0.2) is 36.5 Å². The third-order valence-electron chi connectivity index (χ3n) is 3.84. The predicted octanol–water partition coefficient (Wildman–Crippen LogP) is 1.80. The molecular formula is C14H26N2O3. The first kappa shape index (κ1) is 14.6. The number of amides is 1. The highest BCUT2D eigenvalue weighted by molar-refractivity contribution is 5.68.